The highest BCUT2D eigenvalue weighted by atomic mass is 15.3. The number of nitrogens with one attached hydrogen (secondary N) is 1. The van der Waals surface area contributed by atoms with Crippen molar-refractivity contribution in [1.82, 2.24) is 19.3 Å². The molecule has 0 aliphatic carbocycles. The topological polar surface area (TPSA) is 47.7 Å². The van der Waals surface area contributed by atoms with Gasteiger partial charge in [-0.1, -0.05) is 30.3 Å². The highest BCUT2D eigenvalue weighted by molar-refractivity contribution is 5.61. The summed E-state index contributed by atoms with van der Waals surface area (Å²) in [7, 11) is 1.98. The molecule has 106 valence electrons. The molecule has 0 fully saturated rings. The van der Waals surface area contributed by atoms with Gasteiger partial charge in [-0.25, -0.2) is 4.98 Å². The highest BCUT2D eigenvalue weighted by Crippen LogP contribution is 2.30. The second kappa shape index (κ2) is 4.77. The fraction of sp³-hybridized carbons (Fsp3) is 0.250. The molecule has 0 bridgehead atoms. The molecule has 3 heterocycles. The molecule has 1 aromatic carbocycles. The Labute approximate surface area is 123 Å². The number of benzene rings is 1. The summed E-state index contributed by atoms with van der Waals surface area (Å²) in [6.45, 7) is 0.970. The van der Waals surface area contributed by atoms with E-state index in [1.807, 2.05) is 36.1 Å². The first-order valence-corrected chi connectivity index (χ1v) is 7.18. The Hall–Kier alpha value is -2.56. The van der Waals surface area contributed by atoms with Gasteiger partial charge in [-0.15, -0.1) is 0 Å². The largest absolute Gasteiger partial charge is 0.347 e. The van der Waals surface area contributed by atoms with Crippen LogP contribution in [0.4, 0.5) is 5.95 Å². The fourth-order valence-corrected chi connectivity index (χ4v) is 2.89. The van der Waals surface area contributed by atoms with Gasteiger partial charge in [0.05, 0.1) is 17.4 Å². The molecule has 4 rings (SSSR count). The van der Waals surface area contributed by atoms with Crippen LogP contribution in [0.1, 0.15) is 18.2 Å². The third-order valence-electron chi connectivity index (χ3n) is 4.02. The molecule has 1 atom stereocenters. The molecule has 1 aliphatic heterocycles. The van der Waals surface area contributed by atoms with E-state index < -0.39 is 0 Å². The van der Waals surface area contributed by atoms with Gasteiger partial charge in [0.25, 0.3) is 0 Å². The summed E-state index contributed by atoms with van der Waals surface area (Å²) in [5.74, 6) is 0.936. The molecule has 0 radical (unpaired) electrons. The van der Waals surface area contributed by atoms with Crippen LogP contribution in [-0.4, -0.2) is 19.3 Å². The minimum absolute atomic E-state index is 0.274. The van der Waals surface area contributed by atoms with Crippen LogP contribution in [-0.2, 0) is 13.6 Å². The SMILES string of the molecule is Cn1nccc1C1CCn2cc(-c3ccccc3)nc2N1. The first-order chi connectivity index (χ1) is 10.3. The molecule has 1 N–H and O–H groups in total. The lowest BCUT2D eigenvalue weighted by atomic mass is 10.1. The number of rotatable bonds is 2. The van der Waals surface area contributed by atoms with Gasteiger partial charge in [-0.3, -0.25) is 4.68 Å². The lowest BCUT2D eigenvalue weighted by molar-refractivity contribution is 0.515. The maximum absolute atomic E-state index is 4.73. The van der Waals surface area contributed by atoms with Gasteiger partial charge in [0.15, 0.2) is 0 Å². The summed E-state index contributed by atoms with van der Waals surface area (Å²) in [4.78, 5) is 4.73. The molecule has 21 heavy (non-hydrogen) atoms. The number of nitrogens with zero attached hydrogens (tertiary/aromatic N) is 4. The summed E-state index contributed by atoms with van der Waals surface area (Å²) in [6, 6.07) is 12.6. The van der Waals surface area contributed by atoms with Gasteiger partial charge in [0.1, 0.15) is 0 Å². The standard InChI is InChI=1S/C16H17N5/c1-20-15(7-9-17-20)13-8-10-21-11-14(19-16(21)18-13)12-5-3-2-4-6-12/h2-7,9,11,13H,8,10H2,1H3,(H,18,19). The van der Waals surface area contributed by atoms with Crippen LogP contribution in [0.5, 0.6) is 0 Å². The van der Waals surface area contributed by atoms with Crippen molar-refractivity contribution in [2.45, 2.75) is 19.0 Å². The minimum atomic E-state index is 0.274. The van der Waals surface area contributed by atoms with E-state index in [1.54, 1.807) is 0 Å². The molecule has 3 aromatic rings. The second-order valence-electron chi connectivity index (χ2n) is 5.37. The third kappa shape index (κ3) is 2.11. The van der Waals surface area contributed by atoms with Crippen LogP contribution < -0.4 is 5.32 Å². The predicted molar refractivity (Wildman–Crippen MR) is 81.9 cm³/mol. The Balaban J connectivity index is 1.65. The summed E-state index contributed by atoms with van der Waals surface area (Å²) in [5, 5.41) is 7.77. The predicted octanol–water partition coefficient (Wildman–Crippen LogP) is 2.84. The molecule has 0 amide bonds. The maximum Gasteiger partial charge on any atom is 0.203 e. The molecule has 5 heteroatoms. The molecule has 2 aromatic heterocycles. The third-order valence-corrected chi connectivity index (χ3v) is 4.02. The van der Waals surface area contributed by atoms with Crippen molar-refractivity contribution >= 4 is 5.95 Å². The van der Waals surface area contributed by atoms with E-state index in [0.29, 0.717) is 0 Å². The van der Waals surface area contributed by atoms with E-state index in [9.17, 15) is 0 Å². The number of hydrogen-bond donors (Lipinski definition) is 1. The van der Waals surface area contributed by atoms with Crippen molar-refractivity contribution in [3.63, 3.8) is 0 Å². The monoisotopic (exact) mass is 279 g/mol. The van der Waals surface area contributed by atoms with Gasteiger partial charge in [-0.2, -0.15) is 5.10 Å². The van der Waals surface area contributed by atoms with Crippen molar-refractivity contribution in [2.75, 3.05) is 5.32 Å². The molecular formula is C16H17N5. The van der Waals surface area contributed by atoms with Crippen LogP contribution in [0.3, 0.4) is 0 Å². The number of hydrogen-bond acceptors (Lipinski definition) is 3. The smallest absolute Gasteiger partial charge is 0.203 e. The zero-order valence-corrected chi connectivity index (χ0v) is 11.9. The average molecular weight is 279 g/mol. The van der Waals surface area contributed by atoms with Crippen molar-refractivity contribution in [3.05, 3.63) is 54.5 Å². The lowest BCUT2D eigenvalue weighted by Crippen LogP contribution is -2.23. The van der Waals surface area contributed by atoms with Crippen molar-refractivity contribution < 1.29 is 0 Å². The quantitative estimate of drug-likeness (QED) is 0.784. The van der Waals surface area contributed by atoms with E-state index in [1.165, 1.54) is 5.69 Å². The van der Waals surface area contributed by atoms with Gasteiger partial charge in [0.2, 0.25) is 5.95 Å². The Kier molecular flexibility index (Phi) is 2.77. The summed E-state index contributed by atoms with van der Waals surface area (Å²) < 4.78 is 4.11. The summed E-state index contributed by atoms with van der Waals surface area (Å²) >= 11 is 0. The van der Waals surface area contributed by atoms with Gasteiger partial charge < -0.3 is 9.88 Å². The Bertz CT molecular complexity index is 756. The van der Waals surface area contributed by atoms with Crippen LogP contribution in [0.2, 0.25) is 0 Å². The zero-order valence-electron chi connectivity index (χ0n) is 11.9. The molecule has 1 unspecified atom stereocenters. The van der Waals surface area contributed by atoms with Crippen molar-refractivity contribution in [3.8, 4) is 11.3 Å². The van der Waals surface area contributed by atoms with Crippen molar-refractivity contribution in [1.29, 1.82) is 0 Å². The van der Waals surface area contributed by atoms with E-state index >= 15 is 0 Å². The Morgan fingerprint density at radius 2 is 2.05 bits per heavy atom. The van der Waals surface area contributed by atoms with Crippen molar-refractivity contribution in [2.24, 2.45) is 7.05 Å². The first kappa shape index (κ1) is 12.2. The number of anilines is 1. The summed E-state index contributed by atoms with van der Waals surface area (Å²) in [5.41, 5.74) is 3.37. The number of aryl methyl sites for hydroxylation is 2. The van der Waals surface area contributed by atoms with Gasteiger partial charge >= 0.3 is 0 Å². The maximum atomic E-state index is 4.73. The van der Waals surface area contributed by atoms with Crippen LogP contribution in [0.15, 0.2) is 48.8 Å². The lowest BCUT2D eigenvalue weighted by Gasteiger charge is -2.25. The Morgan fingerprint density at radius 1 is 1.19 bits per heavy atom. The van der Waals surface area contributed by atoms with E-state index in [-0.39, 0.29) is 6.04 Å². The molecular weight excluding hydrogens is 262 g/mol. The Morgan fingerprint density at radius 3 is 2.81 bits per heavy atom. The van der Waals surface area contributed by atoms with Gasteiger partial charge in [0, 0.05) is 31.5 Å². The highest BCUT2D eigenvalue weighted by Gasteiger charge is 2.23. The van der Waals surface area contributed by atoms with Crippen LogP contribution in [0.25, 0.3) is 11.3 Å². The zero-order chi connectivity index (χ0) is 14.2. The van der Waals surface area contributed by atoms with Crippen LogP contribution >= 0.6 is 0 Å². The first-order valence-electron chi connectivity index (χ1n) is 7.18. The molecule has 0 saturated carbocycles. The second-order valence-corrected chi connectivity index (χ2v) is 5.37. The van der Waals surface area contributed by atoms with Gasteiger partial charge in [-0.05, 0) is 12.5 Å². The van der Waals surface area contributed by atoms with E-state index in [0.717, 1.165) is 30.2 Å². The molecule has 0 saturated heterocycles. The molecule has 0 spiro atoms. The van der Waals surface area contributed by atoms with Crippen LogP contribution in [0, 0.1) is 0 Å². The normalized spacial score (nSPS) is 17.3. The van der Waals surface area contributed by atoms with E-state index in [2.05, 4.69) is 39.4 Å². The summed E-state index contributed by atoms with van der Waals surface area (Å²) in [6.07, 6.45) is 5.00. The minimum Gasteiger partial charge on any atom is -0.347 e. The number of fused-ring (bicyclic) bond motifs is 1. The molecule has 5 nitrogen and oxygen atoms in total. The van der Waals surface area contributed by atoms with E-state index in [4.69, 9.17) is 4.98 Å². The number of aromatic nitrogens is 4. The number of imidazole rings is 1. The molecule has 1 aliphatic rings. The fourth-order valence-electron chi connectivity index (χ4n) is 2.89. The average Bonchev–Trinajstić information content (AvgIpc) is 3.13.